The van der Waals surface area contributed by atoms with E-state index in [4.69, 9.17) is 10.00 Å². The van der Waals surface area contributed by atoms with Crippen molar-refractivity contribution >= 4 is 15.9 Å². The van der Waals surface area contributed by atoms with Crippen molar-refractivity contribution in [3.63, 3.8) is 0 Å². The summed E-state index contributed by atoms with van der Waals surface area (Å²) in [5, 5.41) is 8.71. The van der Waals surface area contributed by atoms with Crippen LogP contribution in [0, 0.1) is 17.2 Å². The molecule has 1 aromatic carbocycles. The minimum atomic E-state index is 0.479. The fraction of sp³-hybridized carbons (Fsp3) is 0.364. The zero-order valence-corrected chi connectivity index (χ0v) is 9.84. The van der Waals surface area contributed by atoms with E-state index in [-0.39, 0.29) is 0 Å². The van der Waals surface area contributed by atoms with Crippen LogP contribution in [0.5, 0.6) is 5.75 Å². The molecule has 3 heteroatoms. The van der Waals surface area contributed by atoms with Gasteiger partial charge in [-0.2, -0.15) is 5.26 Å². The minimum absolute atomic E-state index is 0.479. The van der Waals surface area contributed by atoms with E-state index >= 15 is 0 Å². The number of nitrogens with zero attached hydrogens (tertiary/aromatic N) is 1. The Morgan fingerprint density at radius 1 is 1.50 bits per heavy atom. The van der Waals surface area contributed by atoms with Crippen LogP contribution < -0.4 is 4.74 Å². The first-order valence-electron chi connectivity index (χ1n) is 4.46. The van der Waals surface area contributed by atoms with Crippen LogP contribution in [0.25, 0.3) is 0 Å². The quantitative estimate of drug-likeness (QED) is 0.828. The molecule has 0 saturated carbocycles. The SMILES string of the molecule is CC(C)COc1cc(C#N)ccc1Br. The summed E-state index contributed by atoms with van der Waals surface area (Å²) in [7, 11) is 0. The molecule has 0 bridgehead atoms. The lowest BCUT2D eigenvalue weighted by atomic mass is 10.2. The van der Waals surface area contributed by atoms with Crippen molar-refractivity contribution in [2.24, 2.45) is 5.92 Å². The van der Waals surface area contributed by atoms with E-state index in [9.17, 15) is 0 Å². The van der Waals surface area contributed by atoms with Gasteiger partial charge in [-0.1, -0.05) is 13.8 Å². The van der Waals surface area contributed by atoms with E-state index in [1.54, 1.807) is 12.1 Å². The molecule has 0 heterocycles. The largest absolute Gasteiger partial charge is 0.492 e. The Morgan fingerprint density at radius 2 is 2.21 bits per heavy atom. The molecule has 0 saturated heterocycles. The molecule has 0 spiro atoms. The van der Waals surface area contributed by atoms with E-state index in [1.165, 1.54) is 0 Å². The van der Waals surface area contributed by atoms with Crippen LogP contribution in [0.1, 0.15) is 19.4 Å². The number of halogens is 1. The molecule has 0 aliphatic rings. The maximum atomic E-state index is 8.71. The molecule has 0 atom stereocenters. The molecular formula is C11H12BrNO. The molecule has 0 fully saturated rings. The molecule has 0 aliphatic heterocycles. The monoisotopic (exact) mass is 253 g/mol. The molecule has 14 heavy (non-hydrogen) atoms. The Kier molecular flexibility index (Phi) is 3.97. The Bertz CT molecular complexity index is 355. The molecule has 0 unspecified atom stereocenters. The molecule has 0 amide bonds. The molecule has 0 aromatic heterocycles. The smallest absolute Gasteiger partial charge is 0.134 e. The number of rotatable bonds is 3. The van der Waals surface area contributed by atoms with Crippen LogP contribution >= 0.6 is 15.9 Å². The van der Waals surface area contributed by atoms with Gasteiger partial charge in [-0.05, 0) is 40.0 Å². The van der Waals surface area contributed by atoms with Gasteiger partial charge in [0.2, 0.25) is 0 Å². The topological polar surface area (TPSA) is 33.0 Å². The normalized spacial score (nSPS) is 9.93. The van der Waals surface area contributed by atoms with E-state index < -0.39 is 0 Å². The predicted molar refractivity (Wildman–Crippen MR) is 59.2 cm³/mol. The zero-order chi connectivity index (χ0) is 10.6. The van der Waals surface area contributed by atoms with E-state index in [2.05, 4.69) is 35.8 Å². The highest BCUT2D eigenvalue weighted by atomic mass is 79.9. The van der Waals surface area contributed by atoms with Crippen molar-refractivity contribution in [1.82, 2.24) is 0 Å². The van der Waals surface area contributed by atoms with Crippen molar-refractivity contribution in [3.8, 4) is 11.8 Å². The van der Waals surface area contributed by atoms with Gasteiger partial charge in [-0.15, -0.1) is 0 Å². The molecule has 74 valence electrons. The second-order valence-electron chi connectivity index (χ2n) is 3.46. The molecular weight excluding hydrogens is 242 g/mol. The highest BCUT2D eigenvalue weighted by Crippen LogP contribution is 2.26. The van der Waals surface area contributed by atoms with Gasteiger partial charge in [-0.3, -0.25) is 0 Å². The van der Waals surface area contributed by atoms with Gasteiger partial charge in [-0.25, -0.2) is 0 Å². The summed E-state index contributed by atoms with van der Waals surface area (Å²) in [6, 6.07) is 7.41. The summed E-state index contributed by atoms with van der Waals surface area (Å²) in [5.74, 6) is 1.21. The standard InChI is InChI=1S/C11H12BrNO/c1-8(2)7-14-11-5-9(6-13)3-4-10(11)12/h3-5,8H,7H2,1-2H3. The molecule has 1 rings (SSSR count). The lowest BCUT2D eigenvalue weighted by molar-refractivity contribution is 0.269. The van der Waals surface area contributed by atoms with Gasteiger partial charge in [0.25, 0.3) is 0 Å². The number of nitriles is 1. The Morgan fingerprint density at radius 3 is 2.79 bits per heavy atom. The first-order valence-corrected chi connectivity index (χ1v) is 5.25. The Labute approximate surface area is 92.6 Å². The maximum Gasteiger partial charge on any atom is 0.134 e. The van der Waals surface area contributed by atoms with Gasteiger partial charge in [0.1, 0.15) is 5.75 Å². The van der Waals surface area contributed by atoms with Crippen LogP contribution in [-0.2, 0) is 0 Å². The van der Waals surface area contributed by atoms with E-state index in [1.807, 2.05) is 6.07 Å². The summed E-state index contributed by atoms with van der Waals surface area (Å²) in [6.07, 6.45) is 0. The number of benzene rings is 1. The second-order valence-corrected chi connectivity index (χ2v) is 4.32. The van der Waals surface area contributed by atoms with Crippen LogP contribution in [-0.4, -0.2) is 6.61 Å². The van der Waals surface area contributed by atoms with Crippen molar-refractivity contribution in [2.45, 2.75) is 13.8 Å². The van der Waals surface area contributed by atoms with Gasteiger partial charge >= 0.3 is 0 Å². The third kappa shape index (κ3) is 3.04. The van der Waals surface area contributed by atoms with Crippen LogP contribution in [0.15, 0.2) is 22.7 Å². The van der Waals surface area contributed by atoms with E-state index in [0.29, 0.717) is 18.1 Å². The minimum Gasteiger partial charge on any atom is -0.492 e. The Balaban J connectivity index is 2.80. The number of hydrogen-bond acceptors (Lipinski definition) is 2. The lowest BCUT2D eigenvalue weighted by Gasteiger charge is -2.10. The van der Waals surface area contributed by atoms with Crippen LogP contribution in [0.3, 0.4) is 0 Å². The molecule has 1 aromatic rings. The maximum absolute atomic E-state index is 8.71. The van der Waals surface area contributed by atoms with Gasteiger partial charge in [0.05, 0.1) is 22.7 Å². The van der Waals surface area contributed by atoms with Crippen molar-refractivity contribution in [1.29, 1.82) is 5.26 Å². The molecule has 2 nitrogen and oxygen atoms in total. The van der Waals surface area contributed by atoms with Crippen molar-refractivity contribution < 1.29 is 4.74 Å². The average Bonchev–Trinajstić information content (AvgIpc) is 2.16. The van der Waals surface area contributed by atoms with Crippen LogP contribution in [0.2, 0.25) is 0 Å². The Hall–Kier alpha value is -1.01. The van der Waals surface area contributed by atoms with Crippen molar-refractivity contribution in [3.05, 3.63) is 28.2 Å². The fourth-order valence-corrected chi connectivity index (χ4v) is 1.30. The lowest BCUT2D eigenvalue weighted by Crippen LogP contribution is -2.04. The third-order valence-electron chi connectivity index (χ3n) is 1.63. The molecule has 0 radical (unpaired) electrons. The highest BCUT2D eigenvalue weighted by molar-refractivity contribution is 9.10. The zero-order valence-electron chi connectivity index (χ0n) is 8.25. The van der Waals surface area contributed by atoms with Gasteiger partial charge in [0, 0.05) is 0 Å². The summed E-state index contributed by atoms with van der Waals surface area (Å²) in [4.78, 5) is 0. The summed E-state index contributed by atoms with van der Waals surface area (Å²) in [5.41, 5.74) is 0.618. The number of hydrogen-bond donors (Lipinski definition) is 0. The summed E-state index contributed by atoms with van der Waals surface area (Å²) < 4.78 is 6.43. The van der Waals surface area contributed by atoms with Crippen LogP contribution in [0.4, 0.5) is 0 Å². The fourth-order valence-electron chi connectivity index (χ4n) is 0.940. The summed E-state index contributed by atoms with van der Waals surface area (Å²) in [6.45, 7) is 4.83. The second kappa shape index (κ2) is 5.02. The van der Waals surface area contributed by atoms with Crippen molar-refractivity contribution in [2.75, 3.05) is 6.61 Å². The molecule has 0 N–H and O–H groups in total. The number of ether oxygens (including phenoxy) is 1. The third-order valence-corrected chi connectivity index (χ3v) is 2.29. The summed E-state index contributed by atoms with van der Waals surface area (Å²) >= 11 is 3.38. The first-order chi connectivity index (χ1) is 6.63. The van der Waals surface area contributed by atoms with E-state index in [0.717, 1.165) is 10.2 Å². The highest BCUT2D eigenvalue weighted by Gasteiger charge is 2.03. The first kappa shape index (κ1) is 11.1. The van der Waals surface area contributed by atoms with Gasteiger partial charge in [0.15, 0.2) is 0 Å². The molecule has 0 aliphatic carbocycles. The average molecular weight is 254 g/mol. The predicted octanol–water partition coefficient (Wildman–Crippen LogP) is 3.36. The van der Waals surface area contributed by atoms with Gasteiger partial charge < -0.3 is 4.74 Å².